The van der Waals surface area contributed by atoms with Gasteiger partial charge in [-0.25, -0.2) is 0 Å². The van der Waals surface area contributed by atoms with Crippen molar-refractivity contribution in [2.24, 2.45) is 29.6 Å². The number of hydrogen-bond acceptors (Lipinski definition) is 2. The standard InChI is InChI=1S/C16H24N2O2/c19-14-2-1-11(8-17-14)16(20)18-15-12-4-9-3-10(6-12)7-13(15)5-9/h9-13,15H,1-8H2,(H,17,19)(H,18,20). The summed E-state index contributed by atoms with van der Waals surface area (Å²) in [6.07, 6.45) is 7.99. The Morgan fingerprint density at radius 3 is 2.25 bits per heavy atom. The molecule has 4 aliphatic carbocycles. The molecule has 1 unspecified atom stereocenters. The molecule has 0 radical (unpaired) electrons. The average molecular weight is 276 g/mol. The highest BCUT2D eigenvalue weighted by molar-refractivity contribution is 5.83. The van der Waals surface area contributed by atoms with E-state index in [0.717, 1.165) is 23.7 Å². The van der Waals surface area contributed by atoms with Crippen molar-refractivity contribution >= 4 is 11.8 Å². The number of amides is 2. The first-order valence-electron chi connectivity index (χ1n) is 8.26. The first kappa shape index (κ1) is 12.7. The highest BCUT2D eigenvalue weighted by atomic mass is 16.2. The van der Waals surface area contributed by atoms with Crippen LogP contribution in [0.25, 0.3) is 0 Å². The second-order valence-electron chi connectivity index (χ2n) is 7.50. The molecule has 0 aromatic carbocycles. The van der Waals surface area contributed by atoms with Crippen LogP contribution >= 0.6 is 0 Å². The van der Waals surface area contributed by atoms with Crippen LogP contribution in [0.15, 0.2) is 0 Å². The van der Waals surface area contributed by atoms with E-state index < -0.39 is 0 Å². The predicted octanol–water partition coefficient (Wildman–Crippen LogP) is 1.45. The van der Waals surface area contributed by atoms with Crippen LogP contribution in [0, 0.1) is 29.6 Å². The molecule has 5 rings (SSSR count). The lowest BCUT2D eigenvalue weighted by molar-refractivity contribution is -0.131. The summed E-state index contributed by atoms with van der Waals surface area (Å²) in [7, 11) is 0. The molecule has 1 atom stereocenters. The maximum Gasteiger partial charge on any atom is 0.225 e. The van der Waals surface area contributed by atoms with E-state index in [1.165, 1.54) is 32.1 Å². The maximum atomic E-state index is 12.4. The van der Waals surface area contributed by atoms with E-state index >= 15 is 0 Å². The van der Waals surface area contributed by atoms with E-state index in [-0.39, 0.29) is 17.7 Å². The van der Waals surface area contributed by atoms with E-state index in [2.05, 4.69) is 10.6 Å². The first-order valence-corrected chi connectivity index (χ1v) is 8.26. The second kappa shape index (κ2) is 4.74. The minimum atomic E-state index is -0.00936. The smallest absolute Gasteiger partial charge is 0.225 e. The molecule has 0 aromatic rings. The van der Waals surface area contributed by atoms with Crippen LogP contribution in [0.5, 0.6) is 0 Å². The normalized spacial score (nSPS) is 46.1. The van der Waals surface area contributed by atoms with Gasteiger partial charge in [-0.15, -0.1) is 0 Å². The number of piperidine rings is 1. The van der Waals surface area contributed by atoms with Gasteiger partial charge in [-0.1, -0.05) is 0 Å². The monoisotopic (exact) mass is 276 g/mol. The summed E-state index contributed by atoms with van der Waals surface area (Å²) in [6.45, 7) is 0.526. The Hall–Kier alpha value is -1.06. The molecular weight excluding hydrogens is 252 g/mol. The number of nitrogens with one attached hydrogen (secondary N) is 2. The van der Waals surface area contributed by atoms with Gasteiger partial charge in [0.25, 0.3) is 0 Å². The fraction of sp³-hybridized carbons (Fsp3) is 0.875. The zero-order valence-electron chi connectivity index (χ0n) is 11.9. The molecule has 4 bridgehead atoms. The molecule has 5 fully saturated rings. The van der Waals surface area contributed by atoms with Crippen molar-refractivity contribution in [2.75, 3.05) is 6.54 Å². The quantitative estimate of drug-likeness (QED) is 0.802. The Balaban J connectivity index is 1.39. The Morgan fingerprint density at radius 2 is 1.70 bits per heavy atom. The van der Waals surface area contributed by atoms with Gasteiger partial charge in [-0.2, -0.15) is 0 Å². The molecular formula is C16H24N2O2. The van der Waals surface area contributed by atoms with Crippen LogP contribution in [0.1, 0.15) is 44.9 Å². The molecule has 0 aromatic heterocycles. The topological polar surface area (TPSA) is 58.2 Å². The van der Waals surface area contributed by atoms with Gasteiger partial charge in [-0.3, -0.25) is 9.59 Å². The molecule has 5 aliphatic rings. The van der Waals surface area contributed by atoms with Crippen molar-refractivity contribution in [3.05, 3.63) is 0 Å². The fourth-order valence-electron chi connectivity index (χ4n) is 5.40. The average Bonchev–Trinajstić information content (AvgIpc) is 2.42. The third kappa shape index (κ3) is 2.13. The number of carbonyl (C=O) groups is 2. The lowest BCUT2D eigenvalue weighted by atomic mass is 9.54. The molecule has 20 heavy (non-hydrogen) atoms. The summed E-state index contributed by atoms with van der Waals surface area (Å²) >= 11 is 0. The van der Waals surface area contributed by atoms with E-state index in [9.17, 15) is 9.59 Å². The SMILES string of the molecule is O=C1CCC(C(=O)NC2C3CC4CC(C3)CC2C4)CN1. The summed E-state index contributed by atoms with van der Waals surface area (Å²) in [5.41, 5.74) is 0. The number of carbonyl (C=O) groups excluding carboxylic acids is 2. The van der Waals surface area contributed by atoms with Crippen LogP contribution in [-0.4, -0.2) is 24.4 Å². The van der Waals surface area contributed by atoms with Gasteiger partial charge in [-0.05, 0) is 62.2 Å². The van der Waals surface area contributed by atoms with Crippen molar-refractivity contribution in [2.45, 2.75) is 51.0 Å². The second-order valence-corrected chi connectivity index (χ2v) is 7.50. The van der Waals surface area contributed by atoms with Gasteiger partial charge in [0.1, 0.15) is 0 Å². The number of rotatable bonds is 2. The van der Waals surface area contributed by atoms with Crippen LogP contribution in [0.4, 0.5) is 0 Å². The third-order valence-corrected chi connectivity index (χ3v) is 6.17. The van der Waals surface area contributed by atoms with Gasteiger partial charge in [0.2, 0.25) is 11.8 Å². The fourth-order valence-corrected chi connectivity index (χ4v) is 5.40. The van der Waals surface area contributed by atoms with E-state index in [4.69, 9.17) is 0 Å². The summed E-state index contributed by atoms with van der Waals surface area (Å²) in [6, 6.07) is 0.424. The molecule has 4 heteroatoms. The lowest BCUT2D eigenvalue weighted by Gasteiger charge is -2.54. The minimum absolute atomic E-state index is 0.00936. The summed E-state index contributed by atoms with van der Waals surface area (Å²) < 4.78 is 0. The molecule has 2 amide bonds. The molecule has 1 heterocycles. The van der Waals surface area contributed by atoms with Crippen LogP contribution < -0.4 is 10.6 Å². The van der Waals surface area contributed by atoms with Crippen molar-refractivity contribution < 1.29 is 9.59 Å². The van der Waals surface area contributed by atoms with E-state index in [0.29, 0.717) is 25.4 Å². The molecule has 1 saturated heterocycles. The molecule has 4 nitrogen and oxygen atoms in total. The van der Waals surface area contributed by atoms with Crippen molar-refractivity contribution in [1.29, 1.82) is 0 Å². The highest BCUT2D eigenvalue weighted by Crippen LogP contribution is 2.53. The maximum absolute atomic E-state index is 12.4. The molecule has 110 valence electrons. The zero-order valence-corrected chi connectivity index (χ0v) is 11.9. The van der Waals surface area contributed by atoms with Crippen LogP contribution in [-0.2, 0) is 9.59 Å². The van der Waals surface area contributed by atoms with Gasteiger partial charge >= 0.3 is 0 Å². The molecule has 4 saturated carbocycles. The van der Waals surface area contributed by atoms with Crippen molar-refractivity contribution in [3.8, 4) is 0 Å². The minimum Gasteiger partial charge on any atom is -0.355 e. The largest absolute Gasteiger partial charge is 0.355 e. The molecule has 1 aliphatic heterocycles. The Morgan fingerprint density at radius 1 is 1.05 bits per heavy atom. The molecule has 0 spiro atoms. The Bertz CT molecular complexity index is 396. The predicted molar refractivity (Wildman–Crippen MR) is 74.7 cm³/mol. The lowest BCUT2D eigenvalue weighted by Crippen LogP contribution is -2.57. The van der Waals surface area contributed by atoms with Crippen LogP contribution in [0.2, 0.25) is 0 Å². The Kier molecular flexibility index (Phi) is 3.00. The van der Waals surface area contributed by atoms with Crippen molar-refractivity contribution in [1.82, 2.24) is 10.6 Å². The third-order valence-electron chi connectivity index (χ3n) is 6.17. The van der Waals surface area contributed by atoms with Gasteiger partial charge in [0.05, 0.1) is 5.92 Å². The highest BCUT2D eigenvalue weighted by Gasteiger charge is 2.48. The van der Waals surface area contributed by atoms with Gasteiger partial charge in [0, 0.05) is 19.0 Å². The van der Waals surface area contributed by atoms with Gasteiger partial charge < -0.3 is 10.6 Å². The number of hydrogen-bond donors (Lipinski definition) is 2. The van der Waals surface area contributed by atoms with Crippen LogP contribution in [0.3, 0.4) is 0 Å². The summed E-state index contributed by atoms with van der Waals surface area (Å²) in [5.74, 6) is 3.61. The van der Waals surface area contributed by atoms with E-state index in [1.54, 1.807) is 0 Å². The zero-order chi connectivity index (χ0) is 13.7. The van der Waals surface area contributed by atoms with Crippen molar-refractivity contribution in [3.63, 3.8) is 0 Å². The summed E-state index contributed by atoms with van der Waals surface area (Å²) in [5, 5.41) is 6.17. The first-order chi connectivity index (χ1) is 9.69. The van der Waals surface area contributed by atoms with E-state index in [1.807, 2.05) is 0 Å². The van der Waals surface area contributed by atoms with Gasteiger partial charge in [0.15, 0.2) is 0 Å². The summed E-state index contributed by atoms with van der Waals surface area (Å²) in [4.78, 5) is 23.6. The Labute approximate surface area is 120 Å². The molecule has 2 N–H and O–H groups in total.